The van der Waals surface area contributed by atoms with Crippen LogP contribution in [0.4, 0.5) is 13.2 Å². The lowest BCUT2D eigenvalue weighted by Crippen LogP contribution is -2.55. The third-order valence-electron chi connectivity index (χ3n) is 3.18. The fourth-order valence-corrected chi connectivity index (χ4v) is 1.11. The largest absolute Gasteiger partial charge is 0.481 e. The number of aliphatic carboxylic acids is 1. The van der Waals surface area contributed by atoms with Gasteiger partial charge in [-0.05, 0) is 27.7 Å². The third kappa shape index (κ3) is 5.22. The van der Waals surface area contributed by atoms with Crippen LogP contribution in [-0.2, 0) is 9.53 Å². The highest BCUT2D eigenvalue weighted by Gasteiger charge is 2.42. The topological polar surface area (TPSA) is 58.6 Å². The quantitative estimate of drug-likeness (QED) is 0.696. The number of hydrogen-bond acceptors (Lipinski definition) is 3. The molecule has 0 atom stereocenters. The number of hydrogen-bond donors (Lipinski definition) is 2. The molecule has 7 heteroatoms. The Morgan fingerprint density at radius 2 is 1.72 bits per heavy atom. The molecule has 4 nitrogen and oxygen atoms in total. The van der Waals surface area contributed by atoms with Gasteiger partial charge in [-0.15, -0.1) is 0 Å². The van der Waals surface area contributed by atoms with Crippen LogP contribution in [0.1, 0.15) is 27.7 Å². The second kappa shape index (κ2) is 5.88. The maximum Gasteiger partial charge on any atom is 0.411 e. The summed E-state index contributed by atoms with van der Waals surface area (Å²) in [6, 6.07) is 0. The summed E-state index contributed by atoms with van der Waals surface area (Å²) in [5, 5.41) is 12.0. The lowest BCUT2D eigenvalue weighted by molar-refractivity contribution is -0.173. The van der Waals surface area contributed by atoms with Gasteiger partial charge in [0.15, 0.2) is 0 Å². The molecule has 0 aliphatic heterocycles. The summed E-state index contributed by atoms with van der Waals surface area (Å²) < 4.78 is 39.8. The second-order valence-electron chi connectivity index (χ2n) is 5.15. The van der Waals surface area contributed by atoms with E-state index in [0.29, 0.717) is 0 Å². The van der Waals surface area contributed by atoms with Crippen molar-refractivity contribution >= 4 is 5.97 Å². The van der Waals surface area contributed by atoms with Crippen molar-refractivity contribution in [2.45, 2.75) is 39.4 Å². The van der Waals surface area contributed by atoms with E-state index < -0.39 is 29.7 Å². The zero-order valence-corrected chi connectivity index (χ0v) is 11.0. The number of nitrogens with one attached hydrogen (secondary N) is 1. The summed E-state index contributed by atoms with van der Waals surface area (Å²) >= 11 is 0. The van der Waals surface area contributed by atoms with Crippen molar-refractivity contribution < 1.29 is 27.8 Å². The van der Waals surface area contributed by atoms with Gasteiger partial charge in [0.05, 0.1) is 12.0 Å². The number of carboxylic acid groups (broad SMARTS) is 1. The zero-order chi connectivity index (χ0) is 14.6. The number of ether oxygens (including phenoxy) is 1. The van der Waals surface area contributed by atoms with E-state index in [-0.39, 0.29) is 13.2 Å². The van der Waals surface area contributed by atoms with Crippen molar-refractivity contribution in [2.75, 3.05) is 19.8 Å². The Bertz CT molecular complexity index is 288. The van der Waals surface area contributed by atoms with Crippen LogP contribution < -0.4 is 5.32 Å². The Labute approximate surface area is 105 Å². The van der Waals surface area contributed by atoms with E-state index in [1.54, 1.807) is 27.7 Å². The average Bonchev–Trinajstić information content (AvgIpc) is 2.14. The van der Waals surface area contributed by atoms with Gasteiger partial charge in [-0.1, -0.05) is 0 Å². The molecule has 0 aromatic carbocycles. The highest BCUT2D eigenvalue weighted by molar-refractivity contribution is 5.75. The third-order valence-corrected chi connectivity index (χ3v) is 3.18. The second-order valence-corrected chi connectivity index (χ2v) is 5.15. The molecule has 18 heavy (non-hydrogen) atoms. The molecule has 0 aromatic heterocycles. The molecular weight excluding hydrogens is 251 g/mol. The van der Waals surface area contributed by atoms with Crippen LogP contribution >= 0.6 is 0 Å². The first-order valence-corrected chi connectivity index (χ1v) is 5.53. The minimum atomic E-state index is -4.34. The Morgan fingerprint density at radius 1 is 1.22 bits per heavy atom. The first kappa shape index (κ1) is 17.2. The monoisotopic (exact) mass is 271 g/mol. The summed E-state index contributed by atoms with van der Waals surface area (Å²) in [7, 11) is 0. The standard InChI is InChI=1S/C11H20F3NO3/c1-9(2,8(16)17)10(3,4)15-5-6-18-7-11(12,13)14/h15H,5-7H2,1-4H3,(H,16,17). The molecular formula is C11H20F3NO3. The highest BCUT2D eigenvalue weighted by Crippen LogP contribution is 2.30. The molecule has 0 unspecified atom stereocenters. The summed E-state index contributed by atoms with van der Waals surface area (Å²) in [5.41, 5.74) is -1.81. The summed E-state index contributed by atoms with van der Waals surface area (Å²) in [6.45, 7) is 5.21. The van der Waals surface area contributed by atoms with E-state index in [2.05, 4.69) is 10.1 Å². The smallest absolute Gasteiger partial charge is 0.411 e. The fourth-order valence-electron chi connectivity index (χ4n) is 1.11. The van der Waals surface area contributed by atoms with Gasteiger partial charge in [-0.25, -0.2) is 0 Å². The average molecular weight is 271 g/mol. The van der Waals surface area contributed by atoms with Crippen LogP contribution in [0.3, 0.4) is 0 Å². The molecule has 0 aliphatic carbocycles. The number of rotatable bonds is 7. The Hall–Kier alpha value is -0.820. The van der Waals surface area contributed by atoms with Gasteiger partial charge >= 0.3 is 12.1 Å². The molecule has 0 spiro atoms. The van der Waals surface area contributed by atoms with Gasteiger partial charge in [0.25, 0.3) is 0 Å². The van der Waals surface area contributed by atoms with Crippen LogP contribution in [0.2, 0.25) is 0 Å². The molecule has 0 saturated carbocycles. The van der Waals surface area contributed by atoms with Gasteiger partial charge in [0.2, 0.25) is 0 Å². The summed E-state index contributed by atoms with van der Waals surface area (Å²) in [4.78, 5) is 11.1. The highest BCUT2D eigenvalue weighted by atomic mass is 19.4. The molecule has 0 heterocycles. The van der Waals surface area contributed by atoms with Crippen LogP contribution in [0, 0.1) is 5.41 Å². The SMILES string of the molecule is CC(C)(NCCOCC(F)(F)F)C(C)(C)C(=O)O. The summed E-state index contributed by atoms with van der Waals surface area (Å²) in [6.07, 6.45) is -4.34. The number of alkyl halides is 3. The van der Waals surface area contributed by atoms with Crippen molar-refractivity contribution in [1.82, 2.24) is 5.32 Å². The minimum absolute atomic E-state index is 0.126. The van der Waals surface area contributed by atoms with E-state index in [9.17, 15) is 18.0 Å². The van der Waals surface area contributed by atoms with Crippen LogP contribution in [-0.4, -0.2) is 42.5 Å². The normalized spacial score (nSPS) is 13.7. The van der Waals surface area contributed by atoms with E-state index in [1.165, 1.54) is 0 Å². The Kier molecular flexibility index (Phi) is 5.61. The lowest BCUT2D eigenvalue weighted by Gasteiger charge is -2.39. The number of halogens is 3. The van der Waals surface area contributed by atoms with Crippen molar-refractivity contribution in [3.8, 4) is 0 Å². The van der Waals surface area contributed by atoms with Crippen molar-refractivity contribution in [3.63, 3.8) is 0 Å². The van der Waals surface area contributed by atoms with Crippen LogP contribution in [0.25, 0.3) is 0 Å². The van der Waals surface area contributed by atoms with Crippen LogP contribution in [0.5, 0.6) is 0 Å². The molecule has 108 valence electrons. The zero-order valence-electron chi connectivity index (χ0n) is 11.0. The molecule has 0 fully saturated rings. The van der Waals surface area contributed by atoms with Gasteiger partial charge < -0.3 is 15.2 Å². The van der Waals surface area contributed by atoms with Crippen molar-refractivity contribution in [3.05, 3.63) is 0 Å². The molecule has 0 radical (unpaired) electrons. The molecule has 0 aliphatic rings. The van der Waals surface area contributed by atoms with E-state index in [0.717, 1.165) is 0 Å². The predicted octanol–water partition coefficient (Wildman–Crippen LogP) is 2.04. The van der Waals surface area contributed by atoms with Crippen LogP contribution in [0.15, 0.2) is 0 Å². The first-order chi connectivity index (χ1) is 7.90. The minimum Gasteiger partial charge on any atom is -0.481 e. The molecule has 0 aromatic rings. The predicted molar refractivity (Wildman–Crippen MR) is 60.4 cm³/mol. The Balaban J connectivity index is 4.10. The first-order valence-electron chi connectivity index (χ1n) is 5.53. The van der Waals surface area contributed by atoms with Gasteiger partial charge in [-0.2, -0.15) is 13.2 Å². The number of carboxylic acids is 1. The molecule has 0 rings (SSSR count). The number of carbonyl (C=O) groups is 1. The van der Waals surface area contributed by atoms with Crippen molar-refractivity contribution in [1.29, 1.82) is 0 Å². The Morgan fingerprint density at radius 3 is 2.11 bits per heavy atom. The maximum absolute atomic E-state index is 11.8. The van der Waals surface area contributed by atoms with E-state index in [1.807, 2.05) is 0 Å². The maximum atomic E-state index is 11.8. The van der Waals surface area contributed by atoms with Gasteiger partial charge in [0, 0.05) is 12.1 Å². The van der Waals surface area contributed by atoms with Crippen molar-refractivity contribution in [2.24, 2.45) is 5.41 Å². The summed E-state index contributed by atoms with van der Waals surface area (Å²) in [5.74, 6) is -0.976. The molecule has 0 bridgehead atoms. The molecule has 0 amide bonds. The molecule has 0 saturated heterocycles. The van der Waals surface area contributed by atoms with Gasteiger partial charge in [-0.3, -0.25) is 4.79 Å². The van der Waals surface area contributed by atoms with E-state index in [4.69, 9.17) is 5.11 Å². The van der Waals surface area contributed by atoms with Gasteiger partial charge in [0.1, 0.15) is 6.61 Å². The van der Waals surface area contributed by atoms with E-state index >= 15 is 0 Å². The lowest BCUT2D eigenvalue weighted by atomic mass is 9.74. The molecule has 2 N–H and O–H groups in total. The fraction of sp³-hybridized carbons (Fsp3) is 0.909.